The van der Waals surface area contributed by atoms with Gasteiger partial charge in [0, 0.05) is 5.69 Å². The predicted molar refractivity (Wildman–Crippen MR) is 63.2 cm³/mol. The number of hydrogen-bond donors (Lipinski definition) is 2. The molecule has 0 heterocycles. The molecule has 4 heteroatoms. The molecule has 3 N–H and O–H groups in total. The van der Waals surface area contributed by atoms with Crippen molar-refractivity contribution >= 4 is 17.4 Å². The van der Waals surface area contributed by atoms with Gasteiger partial charge in [0.15, 0.2) is 0 Å². The molecule has 0 fully saturated rings. The van der Waals surface area contributed by atoms with Crippen LogP contribution in [0.1, 0.15) is 25.8 Å². The van der Waals surface area contributed by atoms with Gasteiger partial charge in [0.25, 0.3) is 0 Å². The van der Waals surface area contributed by atoms with E-state index in [9.17, 15) is 9.59 Å². The van der Waals surface area contributed by atoms with Crippen LogP contribution >= 0.6 is 0 Å². The second-order valence-corrected chi connectivity index (χ2v) is 3.37. The maximum absolute atomic E-state index is 9.87. The molecule has 16 heavy (non-hydrogen) atoms. The van der Waals surface area contributed by atoms with Crippen LogP contribution in [-0.2, 0) is 16.0 Å². The number of anilines is 1. The van der Waals surface area contributed by atoms with Crippen LogP contribution < -0.4 is 5.73 Å². The van der Waals surface area contributed by atoms with Crippen LogP contribution in [-0.4, -0.2) is 16.9 Å². The Kier molecular flexibility index (Phi) is 6.59. The molecule has 4 nitrogen and oxygen atoms in total. The average molecular weight is 223 g/mol. The summed E-state index contributed by atoms with van der Waals surface area (Å²) in [7, 11) is 0. The molecule has 0 saturated heterocycles. The molecule has 0 bridgehead atoms. The zero-order valence-corrected chi connectivity index (χ0v) is 9.56. The van der Waals surface area contributed by atoms with E-state index in [1.807, 2.05) is 12.1 Å². The minimum Gasteiger partial charge on any atom is -0.481 e. The number of rotatable bonds is 3. The van der Waals surface area contributed by atoms with Crippen molar-refractivity contribution in [3.05, 3.63) is 29.8 Å². The van der Waals surface area contributed by atoms with E-state index in [1.165, 1.54) is 12.5 Å². The minimum absolute atomic E-state index is 0.312. The van der Waals surface area contributed by atoms with Gasteiger partial charge < -0.3 is 10.8 Å². The fraction of sp³-hybridized carbons (Fsp3) is 0.333. The molecule has 0 unspecified atom stereocenters. The largest absolute Gasteiger partial charge is 0.481 e. The Morgan fingerprint density at radius 3 is 2.00 bits per heavy atom. The number of nitrogen functional groups attached to an aromatic ring is 1. The lowest BCUT2D eigenvalue weighted by atomic mass is 10.2. The minimum atomic E-state index is -1.06. The van der Waals surface area contributed by atoms with Gasteiger partial charge in [0.2, 0.25) is 0 Å². The van der Waals surface area contributed by atoms with Crippen LogP contribution in [0.5, 0.6) is 0 Å². The zero-order chi connectivity index (χ0) is 12.6. The van der Waals surface area contributed by atoms with Gasteiger partial charge in [-0.1, -0.05) is 19.1 Å². The molecule has 0 spiro atoms. The standard InChI is InChI=1S/C8H11N.C4H6O3/c1-2-7-3-5-8(9)6-4-7;1-3(5)2-4(6)7/h3-6H,2,9H2,1H3;2H2,1H3,(H,6,7). The van der Waals surface area contributed by atoms with Crippen molar-refractivity contribution in [2.24, 2.45) is 0 Å². The fourth-order valence-electron chi connectivity index (χ4n) is 0.966. The highest BCUT2D eigenvalue weighted by Gasteiger charge is 1.98. The van der Waals surface area contributed by atoms with Crippen LogP contribution in [0.3, 0.4) is 0 Å². The summed E-state index contributed by atoms with van der Waals surface area (Å²) in [5, 5.41) is 7.86. The summed E-state index contributed by atoms with van der Waals surface area (Å²) in [5.41, 5.74) is 7.66. The molecule has 0 amide bonds. The highest BCUT2D eigenvalue weighted by Crippen LogP contribution is 2.04. The van der Waals surface area contributed by atoms with Crippen molar-refractivity contribution in [3.8, 4) is 0 Å². The van der Waals surface area contributed by atoms with Crippen LogP contribution in [0.4, 0.5) is 5.69 Å². The number of carbonyl (C=O) groups excluding carboxylic acids is 1. The summed E-state index contributed by atoms with van der Waals surface area (Å²) in [4.78, 5) is 19.5. The van der Waals surface area contributed by atoms with Gasteiger partial charge >= 0.3 is 5.97 Å². The van der Waals surface area contributed by atoms with E-state index in [-0.39, 0.29) is 12.2 Å². The van der Waals surface area contributed by atoms with Crippen LogP contribution in [0.2, 0.25) is 0 Å². The first kappa shape index (κ1) is 14.2. The zero-order valence-electron chi connectivity index (χ0n) is 9.56. The average Bonchev–Trinajstić information content (AvgIpc) is 2.17. The van der Waals surface area contributed by atoms with Crippen molar-refractivity contribution in [1.29, 1.82) is 0 Å². The van der Waals surface area contributed by atoms with Crippen LogP contribution in [0.15, 0.2) is 24.3 Å². The monoisotopic (exact) mass is 223 g/mol. The first-order valence-corrected chi connectivity index (χ1v) is 5.01. The van der Waals surface area contributed by atoms with Crippen LogP contribution in [0, 0.1) is 0 Å². The summed E-state index contributed by atoms with van der Waals surface area (Å²) in [5.74, 6) is -1.37. The lowest BCUT2D eigenvalue weighted by molar-refractivity contribution is -0.139. The molecule has 0 saturated carbocycles. The molecule has 1 aromatic rings. The molecule has 88 valence electrons. The number of aryl methyl sites for hydroxylation is 1. The van der Waals surface area contributed by atoms with Crippen molar-refractivity contribution in [3.63, 3.8) is 0 Å². The van der Waals surface area contributed by atoms with E-state index in [0.29, 0.717) is 0 Å². The smallest absolute Gasteiger partial charge is 0.310 e. The van der Waals surface area contributed by atoms with Gasteiger partial charge in [0.05, 0.1) is 0 Å². The number of ketones is 1. The SMILES string of the molecule is CC(=O)CC(=O)O.CCc1ccc(N)cc1. The third-order valence-corrected chi connectivity index (χ3v) is 1.79. The molecule has 1 rings (SSSR count). The Morgan fingerprint density at radius 2 is 1.75 bits per heavy atom. The molecule has 0 atom stereocenters. The third kappa shape index (κ3) is 7.55. The Hall–Kier alpha value is -1.84. The number of carbonyl (C=O) groups is 2. The van der Waals surface area contributed by atoms with Gasteiger partial charge in [-0.3, -0.25) is 9.59 Å². The second-order valence-electron chi connectivity index (χ2n) is 3.37. The number of hydrogen-bond acceptors (Lipinski definition) is 3. The van der Waals surface area contributed by atoms with E-state index in [4.69, 9.17) is 10.8 Å². The summed E-state index contributed by atoms with van der Waals surface area (Å²) < 4.78 is 0. The highest BCUT2D eigenvalue weighted by atomic mass is 16.4. The van der Waals surface area contributed by atoms with E-state index in [0.717, 1.165) is 12.1 Å². The number of nitrogens with two attached hydrogens (primary N) is 1. The molecular weight excluding hydrogens is 206 g/mol. The van der Waals surface area contributed by atoms with E-state index >= 15 is 0 Å². The van der Waals surface area contributed by atoms with Crippen molar-refractivity contribution in [2.45, 2.75) is 26.7 Å². The number of carboxylic acids is 1. The van der Waals surface area contributed by atoms with Gasteiger partial charge in [-0.05, 0) is 31.0 Å². The summed E-state index contributed by atoms with van der Waals surface area (Å²) >= 11 is 0. The molecule has 0 aromatic heterocycles. The Morgan fingerprint density at radius 1 is 1.25 bits per heavy atom. The van der Waals surface area contributed by atoms with Crippen molar-refractivity contribution < 1.29 is 14.7 Å². The van der Waals surface area contributed by atoms with Crippen molar-refractivity contribution in [1.82, 2.24) is 0 Å². The van der Waals surface area contributed by atoms with Gasteiger partial charge in [0.1, 0.15) is 12.2 Å². The predicted octanol–water partition coefficient (Wildman–Crippen LogP) is 1.88. The highest BCUT2D eigenvalue weighted by molar-refractivity contribution is 5.93. The summed E-state index contributed by atoms with van der Waals surface area (Å²) in [6, 6.07) is 7.96. The van der Waals surface area contributed by atoms with Gasteiger partial charge in [-0.15, -0.1) is 0 Å². The number of benzene rings is 1. The topological polar surface area (TPSA) is 80.4 Å². The molecule has 0 aliphatic carbocycles. The maximum atomic E-state index is 9.87. The summed E-state index contributed by atoms with van der Waals surface area (Å²) in [6.07, 6.45) is 0.722. The normalized spacial score (nSPS) is 8.88. The van der Waals surface area contributed by atoms with Gasteiger partial charge in [-0.2, -0.15) is 0 Å². The number of carboxylic acid groups (broad SMARTS) is 1. The molecule has 0 radical (unpaired) electrons. The van der Waals surface area contributed by atoms with Crippen LogP contribution in [0.25, 0.3) is 0 Å². The Labute approximate surface area is 95.1 Å². The quantitative estimate of drug-likeness (QED) is 0.605. The van der Waals surface area contributed by atoms with E-state index in [2.05, 4.69) is 19.1 Å². The van der Waals surface area contributed by atoms with Gasteiger partial charge in [-0.25, -0.2) is 0 Å². The summed E-state index contributed by atoms with van der Waals surface area (Å²) in [6.45, 7) is 3.37. The molecular formula is C12H17NO3. The maximum Gasteiger partial charge on any atom is 0.310 e. The van der Waals surface area contributed by atoms with E-state index in [1.54, 1.807) is 0 Å². The molecule has 0 aliphatic heterocycles. The molecule has 0 aliphatic rings. The first-order chi connectivity index (χ1) is 7.45. The second kappa shape index (κ2) is 7.45. The van der Waals surface area contributed by atoms with Crippen molar-refractivity contribution in [2.75, 3.05) is 5.73 Å². The third-order valence-electron chi connectivity index (χ3n) is 1.79. The fourth-order valence-corrected chi connectivity index (χ4v) is 0.966. The number of Topliss-reactive ketones (excluding diaryl/α,β-unsaturated/α-hetero) is 1. The van der Waals surface area contributed by atoms with E-state index < -0.39 is 5.97 Å². The number of aliphatic carboxylic acids is 1. The lowest BCUT2D eigenvalue weighted by Crippen LogP contribution is -2.00. The first-order valence-electron chi connectivity index (χ1n) is 5.01. The Balaban J connectivity index is 0.000000293. The Bertz CT molecular complexity index is 332. The lowest BCUT2D eigenvalue weighted by Gasteiger charge is -1.94. The molecule has 1 aromatic carbocycles.